The summed E-state index contributed by atoms with van der Waals surface area (Å²) in [6.45, 7) is 2.48. The van der Waals surface area contributed by atoms with Crippen LogP contribution in [0, 0.1) is 17.0 Å². The number of nitrogens with zero attached hydrogens (tertiary/aromatic N) is 2. The Hall–Kier alpha value is -2.12. The van der Waals surface area contributed by atoms with E-state index >= 15 is 0 Å². The SMILES string of the molecule is Cc1ccc(SCc2cc([N+](=O)[O-])cc3c2OCOC3)nc1. The number of fused-ring (bicyclic) bond motifs is 1. The van der Waals surface area contributed by atoms with Crippen LogP contribution in [0.25, 0.3) is 0 Å². The fourth-order valence-electron chi connectivity index (χ4n) is 2.18. The third kappa shape index (κ3) is 3.20. The van der Waals surface area contributed by atoms with Gasteiger partial charge < -0.3 is 9.47 Å². The molecule has 2 heterocycles. The van der Waals surface area contributed by atoms with Crippen molar-refractivity contribution in [3.63, 3.8) is 0 Å². The summed E-state index contributed by atoms with van der Waals surface area (Å²) in [5, 5.41) is 11.9. The Kier molecular flexibility index (Phi) is 4.26. The lowest BCUT2D eigenvalue weighted by Crippen LogP contribution is -2.13. The van der Waals surface area contributed by atoms with Gasteiger partial charge in [-0.15, -0.1) is 11.8 Å². The second-order valence-electron chi connectivity index (χ2n) is 4.92. The fraction of sp³-hybridized carbons (Fsp3) is 0.267. The number of benzene rings is 1. The normalized spacial score (nSPS) is 13.3. The van der Waals surface area contributed by atoms with Gasteiger partial charge >= 0.3 is 0 Å². The fourth-order valence-corrected chi connectivity index (χ4v) is 2.99. The molecule has 0 saturated heterocycles. The van der Waals surface area contributed by atoms with Gasteiger partial charge in [-0.05, 0) is 18.6 Å². The van der Waals surface area contributed by atoms with Crippen LogP contribution in [-0.4, -0.2) is 16.7 Å². The van der Waals surface area contributed by atoms with E-state index in [0.29, 0.717) is 23.7 Å². The zero-order chi connectivity index (χ0) is 15.5. The number of ether oxygens (including phenoxy) is 2. The van der Waals surface area contributed by atoms with Crippen LogP contribution >= 0.6 is 11.8 Å². The third-order valence-electron chi connectivity index (χ3n) is 3.24. The summed E-state index contributed by atoms with van der Waals surface area (Å²) in [5.74, 6) is 1.25. The molecule has 0 bridgehead atoms. The number of rotatable bonds is 4. The predicted molar refractivity (Wildman–Crippen MR) is 81.9 cm³/mol. The van der Waals surface area contributed by atoms with Crippen LogP contribution in [0.5, 0.6) is 5.75 Å². The van der Waals surface area contributed by atoms with E-state index in [9.17, 15) is 10.1 Å². The summed E-state index contributed by atoms with van der Waals surface area (Å²) in [6, 6.07) is 6.99. The minimum Gasteiger partial charge on any atom is -0.467 e. The standard InChI is InChI=1S/C15H14N2O4S/c1-10-2-3-14(16-6-10)22-8-12-5-13(17(18)19)4-11-7-20-9-21-15(11)12/h2-6H,7-9H2,1H3. The number of thioether (sulfide) groups is 1. The summed E-state index contributed by atoms with van der Waals surface area (Å²) < 4.78 is 10.7. The molecule has 0 N–H and O–H groups in total. The average molecular weight is 318 g/mol. The van der Waals surface area contributed by atoms with Gasteiger partial charge in [0, 0.05) is 35.2 Å². The van der Waals surface area contributed by atoms with E-state index in [0.717, 1.165) is 16.2 Å². The van der Waals surface area contributed by atoms with Gasteiger partial charge in [0.05, 0.1) is 16.6 Å². The Morgan fingerprint density at radius 3 is 3.00 bits per heavy atom. The number of hydrogen-bond donors (Lipinski definition) is 0. The van der Waals surface area contributed by atoms with E-state index in [1.807, 2.05) is 19.1 Å². The zero-order valence-corrected chi connectivity index (χ0v) is 12.8. The van der Waals surface area contributed by atoms with E-state index in [1.54, 1.807) is 12.3 Å². The summed E-state index contributed by atoms with van der Waals surface area (Å²) >= 11 is 1.52. The number of pyridine rings is 1. The summed E-state index contributed by atoms with van der Waals surface area (Å²) in [4.78, 5) is 15.0. The van der Waals surface area contributed by atoms with Crippen molar-refractivity contribution in [2.45, 2.75) is 24.3 Å². The molecule has 0 saturated carbocycles. The number of nitro benzene ring substituents is 1. The van der Waals surface area contributed by atoms with Gasteiger partial charge in [-0.2, -0.15) is 0 Å². The zero-order valence-electron chi connectivity index (χ0n) is 11.9. The lowest BCUT2D eigenvalue weighted by molar-refractivity contribution is -0.385. The van der Waals surface area contributed by atoms with Gasteiger partial charge in [-0.25, -0.2) is 4.98 Å². The lowest BCUT2D eigenvalue weighted by Gasteiger charge is -2.20. The second kappa shape index (κ2) is 6.33. The molecule has 6 nitrogen and oxygen atoms in total. The first kappa shape index (κ1) is 14.8. The molecule has 1 aliphatic rings. The Morgan fingerprint density at radius 2 is 2.27 bits per heavy atom. The molecule has 0 radical (unpaired) electrons. The van der Waals surface area contributed by atoms with Crippen LogP contribution in [-0.2, 0) is 17.1 Å². The van der Waals surface area contributed by atoms with Crippen molar-refractivity contribution in [1.82, 2.24) is 4.98 Å². The van der Waals surface area contributed by atoms with Crippen molar-refractivity contribution in [1.29, 1.82) is 0 Å². The monoisotopic (exact) mass is 318 g/mol. The molecule has 0 spiro atoms. The van der Waals surface area contributed by atoms with Crippen molar-refractivity contribution in [3.8, 4) is 5.75 Å². The van der Waals surface area contributed by atoms with Crippen molar-refractivity contribution in [2.24, 2.45) is 0 Å². The summed E-state index contributed by atoms with van der Waals surface area (Å²) in [6.07, 6.45) is 1.80. The van der Waals surface area contributed by atoms with Gasteiger partial charge in [0.25, 0.3) is 5.69 Å². The quantitative estimate of drug-likeness (QED) is 0.488. The third-order valence-corrected chi connectivity index (χ3v) is 4.23. The van der Waals surface area contributed by atoms with Gasteiger partial charge in [0.2, 0.25) is 0 Å². The van der Waals surface area contributed by atoms with Crippen molar-refractivity contribution < 1.29 is 14.4 Å². The van der Waals surface area contributed by atoms with Crippen LogP contribution in [0.3, 0.4) is 0 Å². The summed E-state index contributed by atoms with van der Waals surface area (Å²) in [7, 11) is 0. The maximum absolute atomic E-state index is 11.1. The molecular weight excluding hydrogens is 304 g/mol. The van der Waals surface area contributed by atoms with Gasteiger partial charge in [0.1, 0.15) is 5.75 Å². The molecule has 0 amide bonds. The van der Waals surface area contributed by atoms with Crippen molar-refractivity contribution in [3.05, 3.63) is 57.3 Å². The van der Waals surface area contributed by atoms with Crippen LogP contribution < -0.4 is 4.74 Å². The second-order valence-corrected chi connectivity index (χ2v) is 5.92. The summed E-state index contributed by atoms with van der Waals surface area (Å²) in [5.41, 5.74) is 2.66. The number of non-ortho nitro benzene ring substituents is 1. The Balaban J connectivity index is 1.86. The molecule has 1 aliphatic heterocycles. The molecule has 0 unspecified atom stereocenters. The smallest absolute Gasteiger partial charge is 0.270 e. The van der Waals surface area contributed by atoms with E-state index in [1.165, 1.54) is 17.8 Å². The highest BCUT2D eigenvalue weighted by Gasteiger charge is 2.21. The van der Waals surface area contributed by atoms with Crippen LogP contribution in [0.1, 0.15) is 16.7 Å². The molecule has 7 heteroatoms. The highest BCUT2D eigenvalue weighted by Crippen LogP contribution is 2.35. The van der Waals surface area contributed by atoms with Crippen LogP contribution in [0.2, 0.25) is 0 Å². The first-order valence-corrected chi connectivity index (χ1v) is 7.68. The lowest BCUT2D eigenvalue weighted by atomic mass is 10.1. The van der Waals surface area contributed by atoms with Crippen LogP contribution in [0.15, 0.2) is 35.5 Å². The molecule has 0 aliphatic carbocycles. The van der Waals surface area contributed by atoms with E-state index < -0.39 is 4.92 Å². The van der Waals surface area contributed by atoms with E-state index in [2.05, 4.69) is 4.98 Å². The van der Waals surface area contributed by atoms with Gasteiger partial charge in [0.15, 0.2) is 6.79 Å². The predicted octanol–water partition coefficient (Wildman–Crippen LogP) is 3.46. The van der Waals surface area contributed by atoms with Crippen molar-refractivity contribution >= 4 is 17.4 Å². The van der Waals surface area contributed by atoms with Crippen LogP contribution in [0.4, 0.5) is 5.69 Å². The first-order valence-electron chi connectivity index (χ1n) is 6.69. The molecule has 1 aromatic heterocycles. The molecule has 114 valence electrons. The Bertz CT molecular complexity index is 703. The van der Waals surface area contributed by atoms with Crippen molar-refractivity contribution in [2.75, 3.05) is 6.79 Å². The van der Waals surface area contributed by atoms with Gasteiger partial charge in [-0.1, -0.05) is 6.07 Å². The average Bonchev–Trinajstić information content (AvgIpc) is 2.53. The maximum Gasteiger partial charge on any atom is 0.270 e. The highest BCUT2D eigenvalue weighted by molar-refractivity contribution is 7.98. The molecule has 0 fully saturated rings. The Labute approximate surface area is 131 Å². The van der Waals surface area contributed by atoms with E-state index in [4.69, 9.17) is 9.47 Å². The van der Waals surface area contributed by atoms with E-state index in [-0.39, 0.29) is 12.5 Å². The number of hydrogen-bond acceptors (Lipinski definition) is 6. The molecule has 1 aromatic carbocycles. The molecule has 0 atom stereocenters. The molecule has 3 rings (SSSR count). The minimum absolute atomic E-state index is 0.0558. The largest absolute Gasteiger partial charge is 0.467 e. The number of nitro groups is 1. The Morgan fingerprint density at radius 1 is 1.41 bits per heavy atom. The topological polar surface area (TPSA) is 74.5 Å². The maximum atomic E-state index is 11.1. The molecule has 22 heavy (non-hydrogen) atoms. The minimum atomic E-state index is -0.396. The number of aryl methyl sites for hydroxylation is 1. The first-order chi connectivity index (χ1) is 10.6. The van der Waals surface area contributed by atoms with Gasteiger partial charge in [-0.3, -0.25) is 10.1 Å². The molecular formula is C15H14N2O4S. The number of aromatic nitrogens is 1. The highest BCUT2D eigenvalue weighted by atomic mass is 32.2. The molecule has 2 aromatic rings.